The molecule has 112 valence electrons. The first kappa shape index (κ1) is 13.9. The van der Waals surface area contributed by atoms with Crippen LogP contribution in [0, 0.1) is 0 Å². The van der Waals surface area contributed by atoms with E-state index in [1.165, 1.54) is 0 Å². The molecule has 0 saturated heterocycles. The normalized spacial score (nSPS) is 17.1. The lowest BCUT2D eigenvalue weighted by molar-refractivity contribution is -0.133. The van der Waals surface area contributed by atoms with Crippen molar-refractivity contribution in [2.45, 2.75) is 31.3 Å². The Kier molecular flexibility index (Phi) is 3.33. The molecule has 0 atom stereocenters. The molecule has 1 heterocycles. The summed E-state index contributed by atoms with van der Waals surface area (Å²) >= 11 is 0. The molecule has 1 aliphatic carbocycles. The highest BCUT2D eigenvalue weighted by atomic mass is 16.4. The van der Waals surface area contributed by atoms with Crippen LogP contribution < -0.4 is 10.2 Å². The molecule has 1 fully saturated rings. The fourth-order valence-corrected chi connectivity index (χ4v) is 2.62. The van der Waals surface area contributed by atoms with Gasteiger partial charge in [-0.25, -0.2) is 0 Å². The molecule has 1 saturated carbocycles. The van der Waals surface area contributed by atoms with E-state index in [9.17, 15) is 9.90 Å². The Bertz CT molecular complexity index is 672. The smallest absolute Gasteiger partial charge is 0.297 e. The zero-order valence-electron chi connectivity index (χ0n) is 12.2. The number of hydrogen-bond donors (Lipinski definition) is 2. The molecule has 1 aromatic carbocycles. The van der Waals surface area contributed by atoms with E-state index in [-0.39, 0.29) is 5.91 Å². The summed E-state index contributed by atoms with van der Waals surface area (Å²) in [4.78, 5) is 18.3. The number of benzene rings is 1. The Labute approximate surface area is 122 Å². The molecule has 0 radical (unpaired) electrons. The van der Waals surface area contributed by atoms with Crippen LogP contribution in [0.25, 0.3) is 11.1 Å². The predicted molar refractivity (Wildman–Crippen MR) is 80.4 cm³/mol. The average molecular weight is 289 g/mol. The summed E-state index contributed by atoms with van der Waals surface area (Å²) in [6.07, 6.45) is 2.82. The molecule has 0 unspecified atom stereocenters. The van der Waals surface area contributed by atoms with Gasteiger partial charge in [0.2, 0.25) is 0 Å². The van der Waals surface area contributed by atoms with Gasteiger partial charge < -0.3 is 19.7 Å². The molecule has 2 aromatic rings. The number of carbonyl (C=O) groups excluding carboxylic acids is 1. The van der Waals surface area contributed by atoms with Crippen molar-refractivity contribution in [1.29, 1.82) is 0 Å². The summed E-state index contributed by atoms with van der Waals surface area (Å²) in [5.74, 6) is -0.337. The van der Waals surface area contributed by atoms with Crippen LogP contribution in [0.1, 0.15) is 25.7 Å². The highest BCUT2D eigenvalue weighted by Crippen LogP contribution is 2.31. The Balaban J connectivity index is 1.82. The highest BCUT2D eigenvalue weighted by molar-refractivity contribution is 5.98. The van der Waals surface area contributed by atoms with Crippen LogP contribution in [0.15, 0.2) is 22.6 Å². The third-order valence-electron chi connectivity index (χ3n) is 3.87. The van der Waals surface area contributed by atoms with Gasteiger partial charge in [-0.15, -0.1) is 0 Å². The van der Waals surface area contributed by atoms with Gasteiger partial charge in [-0.05, 0) is 43.9 Å². The van der Waals surface area contributed by atoms with Crippen LogP contribution in [0.4, 0.5) is 11.7 Å². The minimum Gasteiger partial charge on any atom is -0.423 e. The number of anilines is 2. The summed E-state index contributed by atoms with van der Waals surface area (Å²) < 4.78 is 5.56. The van der Waals surface area contributed by atoms with Gasteiger partial charge in [0.15, 0.2) is 5.58 Å². The van der Waals surface area contributed by atoms with Crippen molar-refractivity contribution in [2.75, 3.05) is 24.3 Å². The summed E-state index contributed by atoms with van der Waals surface area (Å²) in [5, 5.41) is 13.0. The van der Waals surface area contributed by atoms with E-state index in [4.69, 9.17) is 4.42 Å². The van der Waals surface area contributed by atoms with Gasteiger partial charge in [0.05, 0.1) is 0 Å². The standard InChI is InChI=1S/C15H19N3O3/c1-18(2)14-17-11-9-10(5-6-12(11)21-14)16-13(19)15(20)7-3-4-8-15/h5-6,9,20H,3-4,7-8H2,1-2H3,(H,16,19). The fourth-order valence-electron chi connectivity index (χ4n) is 2.62. The van der Waals surface area contributed by atoms with E-state index in [1.807, 2.05) is 14.1 Å². The van der Waals surface area contributed by atoms with Gasteiger partial charge >= 0.3 is 0 Å². The lowest BCUT2D eigenvalue weighted by Gasteiger charge is -2.20. The van der Waals surface area contributed by atoms with E-state index in [0.717, 1.165) is 12.8 Å². The number of amides is 1. The summed E-state index contributed by atoms with van der Waals surface area (Å²) in [6.45, 7) is 0. The number of nitrogens with one attached hydrogen (secondary N) is 1. The van der Waals surface area contributed by atoms with Gasteiger partial charge in [0.1, 0.15) is 11.1 Å². The Morgan fingerprint density at radius 2 is 2.10 bits per heavy atom. The summed E-state index contributed by atoms with van der Waals surface area (Å²) in [6, 6.07) is 5.79. The van der Waals surface area contributed by atoms with E-state index in [1.54, 1.807) is 23.1 Å². The van der Waals surface area contributed by atoms with Crippen molar-refractivity contribution in [3.05, 3.63) is 18.2 Å². The maximum absolute atomic E-state index is 12.2. The first-order chi connectivity index (χ1) is 9.98. The molecule has 6 heteroatoms. The van der Waals surface area contributed by atoms with Gasteiger partial charge in [-0.1, -0.05) is 0 Å². The zero-order chi connectivity index (χ0) is 15.0. The molecule has 0 spiro atoms. The quantitative estimate of drug-likeness (QED) is 0.905. The molecule has 2 N–H and O–H groups in total. The molecule has 1 amide bonds. The van der Waals surface area contributed by atoms with Crippen molar-refractivity contribution in [1.82, 2.24) is 4.98 Å². The van der Waals surface area contributed by atoms with Crippen LogP contribution >= 0.6 is 0 Å². The number of rotatable bonds is 3. The maximum Gasteiger partial charge on any atom is 0.297 e. The number of oxazole rings is 1. The fraction of sp³-hybridized carbons (Fsp3) is 0.467. The van der Waals surface area contributed by atoms with Gasteiger partial charge in [-0.2, -0.15) is 4.98 Å². The zero-order valence-corrected chi connectivity index (χ0v) is 12.2. The monoisotopic (exact) mass is 289 g/mol. The Morgan fingerprint density at radius 3 is 2.76 bits per heavy atom. The molecule has 0 bridgehead atoms. The van der Waals surface area contributed by atoms with E-state index in [2.05, 4.69) is 10.3 Å². The second kappa shape index (κ2) is 5.04. The number of nitrogens with zero attached hydrogens (tertiary/aromatic N) is 2. The Morgan fingerprint density at radius 1 is 1.38 bits per heavy atom. The van der Waals surface area contributed by atoms with Crippen LogP contribution in [0.5, 0.6) is 0 Å². The molecule has 6 nitrogen and oxygen atoms in total. The van der Waals surface area contributed by atoms with Gasteiger partial charge in [-0.3, -0.25) is 4.79 Å². The second-order valence-electron chi connectivity index (χ2n) is 5.77. The number of fused-ring (bicyclic) bond motifs is 1. The molecule has 0 aliphatic heterocycles. The van der Waals surface area contributed by atoms with Crippen molar-refractivity contribution in [2.24, 2.45) is 0 Å². The molecular weight excluding hydrogens is 270 g/mol. The second-order valence-corrected chi connectivity index (χ2v) is 5.77. The maximum atomic E-state index is 12.2. The van der Waals surface area contributed by atoms with Crippen molar-refractivity contribution in [3.63, 3.8) is 0 Å². The average Bonchev–Trinajstić information content (AvgIpc) is 3.05. The van der Waals surface area contributed by atoms with Crippen LogP contribution in [-0.2, 0) is 4.79 Å². The molecule has 1 aliphatic rings. The topological polar surface area (TPSA) is 78.6 Å². The van der Waals surface area contributed by atoms with Gasteiger partial charge in [0.25, 0.3) is 11.9 Å². The predicted octanol–water partition coefficient (Wildman–Crippen LogP) is 2.14. The lowest BCUT2D eigenvalue weighted by Crippen LogP contribution is -2.40. The minimum absolute atomic E-state index is 0.337. The first-order valence-electron chi connectivity index (χ1n) is 7.10. The van der Waals surface area contributed by atoms with E-state index < -0.39 is 5.60 Å². The molecule has 21 heavy (non-hydrogen) atoms. The van der Waals surface area contributed by atoms with Crippen molar-refractivity contribution in [3.8, 4) is 0 Å². The van der Waals surface area contributed by atoms with E-state index in [0.29, 0.717) is 35.6 Å². The number of aromatic nitrogens is 1. The Hall–Kier alpha value is -2.08. The minimum atomic E-state index is -1.23. The first-order valence-corrected chi connectivity index (χ1v) is 7.10. The number of aliphatic hydroxyl groups is 1. The molecular formula is C15H19N3O3. The summed E-state index contributed by atoms with van der Waals surface area (Å²) in [7, 11) is 3.70. The summed E-state index contributed by atoms with van der Waals surface area (Å²) in [5.41, 5.74) is 0.728. The molecule has 1 aromatic heterocycles. The van der Waals surface area contributed by atoms with Gasteiger partial charge in [0, 0.05) is 19.8 Å². The number of carbonyl (C=O) groups is 1. The largest absolute Gasteiger partial charge is 0.423 e. The van der Waals surface area contributed by atoms with Crippen LogP contribution in [0.2, 0.25) is 0 Å². The third-order valence-corrected chi connectivity index (χ3v) is 3.87. The van der Waals surface area contributed by atoms with Crippen LogP contribution in [-0.4, -0.2) is 35.7 Å². The van der Waals surface area contributed by atoms with Crippen LogP contribution in [0.3, 0.4) is 0 Å². The lowest BCUT2D eigenvalue weighted by atomic mass is 10.0. The van der Waals surface area contributed by atoms with E-state index >= 15 is 0 Å². The van der Waals surface area contributed by atoms with Crippen molar-refractivity contribution >= 4 is 28.7 Å². The molecule has 3 rings (SSSR count). The number of hydrogen-bond acceptors (Lipinski definition) is 5. The third kappa shape index (κ3) is 2.58. The van der Waals surface area contributed by atoms with Crippen molar-refractivity contribution < 1.29 is 14.3 Å². The SMILES string of the molecule is CN(C)c1nc2cc(NC(=O)C3(O)CCCC3)ccc2o1. The highest BCUT2D eigenvalue weighted by Gasteiger charge is 2.38.